The normalized spacial score (nSPS) is 11.9. The van der Waals surface area contributed by atoms with Gasteiger partial charge < -0.3 is 9.88 Å². The van der Waals surface area contributed by atoms with Gasteiger partial charge in [-0.25, -0.2) is 4.39 Å². The van der Waals surface area contributed by atoms with Gasteiger partial charge in [0, 0.05) is 18.5 Å². The maximum absolute atomic E-state index is 13.4. The zero-order valence-corrected chi connectivity index (χ0v) is 18.7. The van der Waals surface area contributed by atoms with E-state index >= 15 is 0 Å². The molecule has 33 heavy (non-hydrogen) atoms. The van der Waals surface area contributed by atoms with Crippen LogP contribution in [0.15, 0.2) is 47.3 Å². The molecule has 0 saturated heterocycles. The average Bonchev–Trinajstić information content (AvgIpc) is 2.73. The second kappa shape index (κ2) is 9.77. The van der Waals surface area contributed by atoms with E-state index in [2.05, 4.69) is 5.32 Å². The molecule has 3 rings (SSSR count). The number of carbonyl (C=O) groups is 1. The molecule has 1 amide bonds. The van der Waals surface area contributed by atoms with Gasteiger partial charge in [0.2, 0.25) is 0 Å². The van der Waals surface area contributed by atoms with Crippen molar-refractivity contribution in [3.05, 3.63) is 80.9 Å². The number of nitrogens with one attached hydrogen (secondary N) is 1. The second-order valence-corrected chi connectivity index (χ2v) is 8.54. The predicted octanol–water partition coefficient (Wildman–Crippen LogP) is 5.83. The van der Waals surface area contributed by atoms with Crippen LogP contribution in [0.5, 0.6) is 0 Å². The Balaban J connectivity index is 2.06. The van der Waals surface area contributed by atoms with Crippen molar-refractivity contribution in [1.82, 2.24) is 9.88 Å². The molecule has 8 heteroatoms. The molecular formula is C25H26F4N2O2. The molecule has 176 valence electrons. The number of hydrogen-bond acceptors (Lipinski definition) is 2. The molecule has 0 aliphatic rings. The summed E-state index contributed by atoms with van der Waals surface area (Å²) in [5, 5.41) is 3.03. The fourth-order valence-electron chi connectivity index (χ4n) is 3.85. The van der Waals surface area contributed by atoms with E-state index in [0.717, 1.165) is 18.6 Å². The van der Waals surface area contributed by atoms with Gasteiger partial charge in [-0.05, 0) is 61.1 Å². The minimum absolute atomic E-state index is 0.00781. The molecule has 2 aromatic carbocycles. The smallest absolute Gasteiger partial charge is 0.348 e. The number of fused-ring (bicyclic) bond motifs is 1. The van der Waals surface area contributed by atoms with Gasteiger partial charge >= 0.3 is 6.18 Å². The van der Waals surface area contributed by atoms with Gasteiger partial charge in [-0.2, -0.15) is 13.2 Å². The summed E-state index contributed by atoms with van der Waals surface area (Å²) in [7, 11) is 0. The number of carbonyl (C=O) groups excluding carboxylic acids is 1. The first-order valence-corrected chi connectivity index (χ1v) is 10.8. The molecule has 1 heterocycles. The van der Waals surface area contributed by atoms with E-state index < -0.39 is 29.0 Å². The molecule has 1 aromatic heterocycles. The molecule has 0 aliphatic heterocycles. The summed E-state index contributed by atoms with van der Waals surface area (Å²) in [5.41, 5.74) is -0.634. The SMILES string of the molecule is Cc1c(C(=O)NCc2cccc(F)c2)c(=O)n(CCCC(C)C)c2cc(C(F)(F)F)ccc12. The number of rotatable bonds is 7. The fraction of sp³-hybridized carbons (Fsp3) is 0.360. The van der Waals surface area contributed by atoms with Crippen LogP contribution in [0.25, 0.3) is 10.9 Å². The van der Waals surface area contributed by atoms with E-state index in [4.69, 9.17) is 0 Å². The van der Waals surface area contributed by atoms with Crippen molar-refractivity contribution >= 4 is 16.8 Å². The highest BCUT2D eigenvalue weighted by atomic mass is 19.4. The molecule has 0 radical (unpaired) electrons. The van der Waals surface area contributed by atoms with Gasteiger partial charge in [-0.3, -0.25) is 9.59 Å². The Morgan fingerprint density at radius 3 is 2.48 bits per heavy atom. The third-order valence-corrected chi connectivity index (χ3v) is 5.59. The quantitative estimate of drug-likeness (QED) is 0.449. The van der Waals surface area contributed by atoms with E-state index in [1.54, 1.807) is 13.0 Å². The van der Waals surface area contributed by atoms with Crippen LogP contribution in [-0.2, 0) is 19.3 Å². The summed E-state index contributed by atoms with van der Waals surface area (Å²) in [5.74, 6) is -0.741. The van der Waals surface area contributed by atoms with Gasteiger partial charge in [0.1, 0.15) is 11.4 Å². The van der Waals surface area contributed by atoms with Crippen LogP contribution in [0.4, 0.5) is 17.6 Å². The number of pyridine rings is 1. The first kappa shape index (κ1) is 24.5. The van der Waals surface area contributed by atoms with Gasteiger partial charge in [0.15, 0.2) is 0 Å². The highest BCUT2D eigenvalue weighted by Crippen LogP contribution is 2.32. The summed E-state index contributed by atoms with van der Waals surface area (Å²) < 4.78 is 54.7. The number of alkyl halides is 3. The van der Waals surface area contributed by atoms with Crippen LogP contribution in [0.2, 0.25) is 0 Å². The van der Waals surface area contributed by atoms with Gasteiger partial charge in [-0.1, -0.05) is 32.0 Å². The largest absolute Gasteiger partial charge is 0.416 e. The third kappa shape index (κ3) is 5.61. The van der Waals surface area contributed by atoms with Crippen molar-refractivity contribution in [3.8, 4) is 0 Å². The predicted molar refractivity (Wildman–Crippen MR) is 120 cm³/mol. The number of benzene rings is 2. The van der Waals surface area contributed by atoms with Crippen LogP contribution in [0.3, 0.4) is 0 Å². The van der Waals surface area contributed by atoms with Crippen molar-refractivity contribution < 1.29 is 22.4 Å². The van der Waals surface area contributed by atoms with Crippen LogP contribution in [0, 0.1) is 18.7 Å². The molecule has 0 saturated carbocycles. The van der Waals surface area contributed by atoms with Crippen LogP contribution >= 0.6 is 0 Å². The number of hydrogen-bond donors (Lipinski definition) is 1. The van der Waals surface area contributed by atoms with Crippen LogP contribution < -0.4 is 10.9 Å². The molecule has 4 nitrogen and oxygen atoms in total. The molecule has 0 atom stereocenters. The van der Waals surface area contributed by atoms with E-state index in [0.29, 0.717) is 28.9 Å². The van der Waals surface area contributed by atoms with E-state index in [-0.39, 0.29) is 24.2 Å². The number of aryl methyl sites for hydroxylation is 2. The summed E-state index contributed by atoms with van der Waals surface area (Å²) in [4.78, 5) is 26.3. The Kier molecular flexibility index (Phi) is 7.25. The summed E-state index contributed by atoms with van der Waals surface area (Å²) in [6.07, 6.45) is -3.19. The molecule has 0 spiro atoms. The van der Waals surface area contributed by atoms with Gasteiger partial charge in [0.25, 0.3) is 11.5 Å². The molecule has 0 aliphatic carbocycles. The number of amides is 1. The molecule has 0 bridgehead atoms. The third-order valence-electron chi connectivity index (χ3n) is 5.59. The highest BCUT2D eigenvalue weighted by molar-refractivity contribution is 6.00. The van der Waals surface area contributed by atoms with E-state index in [1.807, 2.05) is 13.8 Å². The zero-order chi connectivity index (χ0) is 24.3. The topological polar surface area (TPSA) is 51.1 Å². The van der Waals surface area contributed by atoms with Crippen molar-refractivity contribution in [1.29, 1.82) is 0 Å². The maximum Gasteiger partial charge on any atom is 0.416 e. The summed E-state index contributed by atoms with van der Waals surface area (Å²) in [6.45, 7) is 5.78. The van der Waals surface area contributed by atoms with Crippen molar-refractivity contribution in [2.45, 2.75) is 52.9 Å². The summed E-state index contributed by atoms with van der Waals surface area (Å²) >= 11 is 0. The van der Waals surface area contributed by atoms with Crippen LogP contribution in [-0.4, -0.2) is 10.5 Å². The summed E-state index contributed by atoms with van der Waals surface area (Å²) in [6, 6.07) is 8.92. The monoisotopic (exact) mass is 462 g/mol. The lowest BCUT2D eigenvalue weighted by molar-refractivity contribution is -0.137. The van der Waals surface area contributed by atoms with E-state index in [9.17, 15) is 27.2 Å². The first-order valence-electron chi connectivity index (χ1n) is 10.8. The van der Waals surface area contributed by atoms with Crippen LogP contribution in [0.1, 0.15) is 53.7 Å². The number of nitrogens with zero attached hydrogens (tertiary/aromatic N) is 1. The lowest BCUT2D eigenvalue weighted by Gasteiger charge is -2.18. The maximum atomic E-state index is 13.4. The van der Waals surface area contributed by atoms with E-state index in [1.165, 1.54) is 28.8 Å². The highest BCUT2D eigenvalue weighted by Gasteiger charge is 2.31. The van der Waals surface area contributed by atoms with Crippen molar-refractivity contribution in [3.63, 3.8) is 0 Å². The molecule has 3 aromatic rings. The van der Waals surface area contributed by atoms with Gasteiger partial charge in [-0.15, -0.1) is 0 Å². The first-order chi connectivity index (χ1) is 15.5. The molecule has 1 N–H and O–H groups in total. The zero-order valence-electron chi connectivity index (χ0n) is 18.7. The Hall–Kier alpha value is -3.16. The molecule has 0 fully saturated rings. The minimum Gasteiger partial charge on any atom is -0.348 e. The Morgan fingerprint density at radius 1 is 1.12 bits per heavy atom. The van der Waals surface area contributed by atoms with Crippen molar-refractivity contribution in [2.24, 2.45) is 5.92 Å². The second-order valence-electron chi connectivity index (χ2n) is 8.54. The Bertz CT molecular complexity index is 1230. The minimum atomic E-state index is -4.55. The fourth-order valence-corrected chi connectivity index (χ4v) is 3.85. The lowest BCUT2D eigenvalue weighted by Crippen LogP contribution is -2.34. The van der Waals surface area contributed by atoms with Gasteiger partial charge in [0.05, 0.1) is 11.1 Å². The standard InChI is InChI=1S/C25H26F4N2O2/c1-15(2)6-5-11-31-21-13-18(25(27,28)29)9-10-20(21)16(3)22(24(31)33)23(32)30-14-17-7-4-8-19(26)12-17/h4,7-10,12-13,15H,5-6,11,14H2,1-3H3,(H,30,32). The van der Waals surface area contributed by atoms with Crippen molar-refractivity contribution in [2.75, 3.05) is 0 Å². The Labute approximate surface area is 189 Å². The molecular weight excluding hydrogens is 436 g/mol. The molecule has 0 unspecified atom stereocenters. The number of aromatic nitrogens is 1. The Morgan fingerprint density at radius 2 is 1.85 bits per heavy atom. The number of halogens is 4. The lowest BCUT2D eigenvalue weighted by atomic mass is 10.0. The average molecular weight is 462 g/mol.